The Morgan fingerprint density at radius 3 is 2.32 bits per heavy atom. The predicted octanol–water partition coefficient (Wildman–Crippen LogP) is 4.36. The fourth-order valence-corrected chi connectivity index (χ4v) is 2.14. The molecule has 19 heavy (non-hydrogen) atoms. The molecule has 0 saturated carbocycles. The summed E-state index contributed by atoms with van der Waals surface area (Å²) < 4.78 is 0. The lowest BCUT2D eigenvalue weighted by Crippen LogP contribution is -2.31. The summed E-state index contributed by atoms with van der Waals surface area (Å²) in [5.41, 5.74) is 0.862. The summed E-state index contributed by atoms with van der Waals surface area (Å²) in [5.74, 6) is 1.75. The highest BCUT2D eigenvalue weighted by molar-refractivity contribution is 6.30. The van der Waals surface area contributed by atoms with Crippen molar-refractivity contribution in [2.75, 3.05) is 11.9 Å². The molecule has 4 heteroatoms. The Kier molecular flexibility index (Phi) is 5.19. The topological polar surface area (TPSA) is 29.0 Å². The van der Waals surface area contributed by atoms with Gasteiger partial charge in [-0.2, -0.15) is 0 Å². The molecule has 1 heterocycles. The van der Waals surface area contributed by atoms with Crippen LogP contribution in [0.3, 0.4) is 0 Å². The van der Waals surface area contributed by atoms with Crippen LogP contribution in [0.2, 0.25) is 5.15 Å². The Morgan fingerprint density at radius 2 is 1.84 bits per heavy atom. The van der Waals surface area contributed by atoms with Crippen LogP contribution in [0.5, 0.6) is 0 Å². The summed E-state index contributed by atoms with van der Waals surface area (Å²) in [4.78, 5) is 11.4. The number of nitrogens with zero attached hydrogens (tertiary/aromatic N) is 3. The highest BCUT2D eigenvalue weighted by Gasteiger charge is 2.23. The van der Waals surface area contributed by atoms with Crippen molar-refractivity contribution in [1.29, 1.82) is 0 Å². The smallest absolute Gasteiger partial charge is 0.137 e. The molecule has 0 aliphatic heterocycles. The van der Waals surface area contributed by atoms with E-state index in [2.05, 4.69) is 51.6 Å². The molecule has 3 nitrogen and oxygen atoms in total. The lowest BCUT2D eigenvalue weighted by atomic mass is 9.95. The van der Waals surface area contributed by atoms with E-state index in [-0.39, 0.29) is 5.41 Å². The molecule has 1 atom stereocenters. The van der Waals surface area contributed by atoms with Crippen molar-refractivity contribution in [3.63, 3.8) is 0 Å². The predicted molar refractivity (Wildman–Crippen MR) is 83.3 cm³/mol. The molecule has 1 aromatic rings. The normalized spacial score (nSPS) is 13.5. The second-order valence-electron chi connectivity index (χ2n) is 6.29. The van der Waals surface area contributed by atoms with Crippen molar-refractivity contribution in [3.8, 4) is 0 Å². The zero-order chi connectivity index (χ0) is 14.8. The van der Waals surface area contributed by atoms with Gasteiger partial charge in [-0.25, -0.2) is 9.97 Å². The molecule has 0 bridgehead atoms. The van der Waals surface area contributed by atoms with Crippen LogP contribution in [0.15, 0.2) is 0 Å². The summed E-state index contributed by atoms with van der Waals surface area (Å²) in [5, 5.41) is 0.561. The van der Waals surface area contributed by atoms with Crippen LogP contribution >= 0.6 is 11.6 Å². The monoisotopic (exact) mass is 283 g/mol. The van der Waals surface area contributed by atoms with Gasteiger partial charge in [0.05, 0.1) is 0 Å². The molecule has 0 aliphatic carbocycles. The molecule has 0 amide bonds. The molecule has 0 aromatic carbocycles. The van der Waals surface area contributed by atoms with Gasteiger partial charge in [0.25, 0.3) is 0 Å². The fourth-order valence-electron chi connectivity index (χ4n) is 1.98. The summed E-state index contributed by atoms with van der Waals surface area (Å²) >= 11 is 6.27. The average Bonchev–Trinajstić information content (AvgIpc) is 2.30. The number of hydrogen-bond acceptors (Lipinski definition) is 3. The van der Waals surface area contributed by atoms with Gasteiger partial charge >= 0.3 is 0 Å². The molecule has 0 saturated heterocycles. The van der Waals surface area contributed by atoms with Crippen molar-refractivity contribution in [1.82, 2.24) is 9.97 Å². The first-order valence-corrected chi connectivity index (χ1v) is 7.33. The van der Waals surface area contributed by atoms with Crippen LogP contribution < -0.4 is 4.90 Å². The minimum Gasteiger partial charge on any atom is -0.357 e. The van der Waals surface area contributed by atoms with Crippen LogP contribution in [0.4, 0.5) is 5.82 Å². The molecule has 1 unspecified atom stereocenters. The number of rotatable bonds is 4. The minimum absolute atomic E-state index is 0.0963. The minimum atomic E-state index is -0.0963. The lowest BCUT2D eigenvalue weighted by Gasteiger charge is -2.29. The van der Waals surface area contributed by atoms with Crippen molar-refractivity contribution >= 4 is 17.4 Å². The molecule has 108 valence electrons. The molecule has 0 N–H and O–H groups in total. The first kappa shape index (κ1) is 16.2. The summed E-state index contributed by atoms with van der Waals surface area (Å²) in [6.07, 6.45) is 2.30. The van der Waals surface area contributed by atoms with Gasteiger partial charge in [-0.3, -0.25) is 0 Å². The van der Waals surface area contributed by atoms with Crippen LogP contribution in [-0.2, 0) is 5.41 Å². The number of anilines is 1. The van der Waals surface area contributed by atoms with Crippen LogP contribution in [-0.4, -0.2) is 23.1 Å². The van der Waals surface area contributed by atoms with Gasteiger partial charge in [0.1, 0.15) is 16.8 Å². The van der Waals surface area contributed by atoms with Gasteiger partial charge < -0.3 is 4.90 Å². The van der Waals surface area contributed by atoms with Crippen LogP contribution in [0.25, 0.3) is 0 Å². The third-order valence-corrected chi connectivity index (χ3v) is 3.80. The fraction of sp³-hybridized carbons (Fsp3) is 0.733. The van der Waals surface area contributed by atoms with E-state index in [0.29, 0.717) is 11.2 Å². The molecule has 0 aliphatic rings. The maximum Gasteiger partial charge on any atom is 0.137 e. The Hall–Kier alpha value is -0.830. The molecule has 1 rings (SSSR count). The highest BCUT2D eigenvalue weighted by Crippen LogP contribution is 2.29. The second-order valence-corrected chi connectivity index (χ2v) is 6.64. The summed E-state index contributed by atoms with van der Waals surface area (Å²) in [6, 6.07) is 0.447. The van der Waals surface area contributed by atoms with Gasteiger partial charge in [0.15, 0.2) is 0 Å². The van der Waals surface area contributed by atoms with Crippen molar-refractivity contribution in [3.05, 3.63) is 16.5 Å². The first-order chi connectivity index (χ1) is 8.68. The Labute approximate surface area is 122 Å². The maximum absolute atomic E-state index is 6.27. The van der Waals surface area contributed by atoms with Gasteiger partial charge in [-0.1, -0.05) is 45.7 Å². The van der Waals surface area contributed by atoms with Gasteiger partial charge in [0, 0.05) is 24.1 Å². The molecule has 0 radical (unpaired) electrons. The van der Waals surface area contributed by atoms with Gasteiger partial charge in [-0.05, 0) is 20.3 Å². The van der Waals surface area contributed by atoms with Crippen molar-refractivity contribution in [2.24, 2.45) is 0 Å². The van der Waals surface area contributed by atoms with Gasteiger partial charge in [0.2, 0.25) is 0 Å². The van der Waals surface area contributed by atoms with E-state index in [1.54, 1.807) is 0 Å². The SMILES string of the molecule is CCCC(C)N(C)c1nc(C(C)(C)C)nc(Cl)c1C. The van der Waals surface area contributed by atoms with E-state index in [9.17, 15) is 0 Å². The van der Waals surface area contributed by atoms with E-state index in [0.717, 1.165) is 30.0 Å². The molecule has 0 spiro atoms. The molecule has 0 fully saturated rings. The first-order valence-electron chi connectivity index (χ1n) is 6.96. The van der Waals surface area contributed by atoms with E-state index < -0.39 is 0 Å². The Balaban J connectivity index is 3.23. The zero-order valence-electron chi connectivity index (χ0n) is 13.2. The average molecular weight is 284 g/mol. The number of hydrogen-bond donors (Lipinski definition) is 0. The van der Waals surface area contributed by atoms with Crippen molar-refractivity contribution in [2.45, 2.75) is 65.8 Å². The molecular formula is C15H26ClN3. The third-order valence-electron chi connectivity index (χ3n) is 3.43. The van der Waals surface area contributed by atoms with Crippen LogP contribution in [0, 0.1) is 6.92 Å². The summed E-state index contributed by atoms with van der Waals surface area (Å²) in [7, 11) is 2.08. The third kappa shape index (κ3) is 3.82. The quantitative estimate of drug-likeness (QED) is 0.769. The Morgan fingerprint density at radius 1 is 1.26 bits per heavy atom. The maximum atomic E-state index is 6.27. The lowest BCUT2D eigenvalue weighted by molar-refractivity contribution is 0.539. The van der Waals surface area contributed by atoms with E-state index >= 15 is 0 Å². The second kappa shape index (κ2) is 6.08. The molecular weight excluding hydrogens is 258 g/mol. The summed E-state index contributed by atoms with van der Waals surface area (Å²) in [6.45, 7) is 12.7. The number of aromatic nitrogens is 2. The van der Waals surface area contributed by atoms with E-state index in [1.165, 1.54) is 0 Å². The largest absolute Gasteiger partial charge is 0.357 e. The van der Waals surface area contributed by atoms with E-state index in [4.69, 9.17) is 16.6 Å². The van der Waals surface area contributed by atoms with E-state index in [1.807, 2.05) is 6.92 Å². The zero-order valence-corrected chi connectivity index (χ0v) is 14.0. The number of halogens is 1. The van der Waals surface area contributed by atoms with Crippen molar-refractivity contribution < 1.29 is 0 Å². The highest BCUT2D eigenvalue weighted by atomic mass is 35.5. The van der Waals surface area contributed by atoms with Crippen LogP contribution in [0.1, 0.15) is 58.8 Å². The van der Waals surface area contributed by atoms with Gasteiger partial charge in [-0.15, -0.1) is 0 Å². The standard InChI is InChI=1S/C15H26ClN3/c1-8-9-10(2)19(7)13-11(3)12(16)17-14(18-13)15(4,5)6/h10H,8-9H2,1-7H3. The Bertz CT molecular complexity index is 438. The molecule has 1 aromatic heterocycles.